The maximum absolute atomic E-state index is 11.1. The molecule has 8 aromatic rings. The maximum Gasteiger partial charge on any atom is 0.315 e. The third-order valence-electron chi connectivity index (χ3n) is 10.4. The van der Waals surface area contributed by atoms with Crippen LogP contribution in [0.15, 0.2) is 114 Å². The van der Waals surface area contributed by atoms with Gasteiger partial charge in [0.1, 0.15) is 0 Å². The number of hydrogen-bond donors (Lipinski definition) is 1. The van der Waals surface area contributed by atoms with Gasteiger partial charge in [0.05, 0.1) is 80.8 Å². The summed E-state index contributed by atoms with van der Waals surface area (Å²) in [7, 11) is 4.06. The molecule has 0 N–H and O–H groups in total. The number of thiol groups is 1. The van der Waals surface area contributed by atoms with Crippen LogP contribution >= 0.6 is 190 Å². The highest BCUT2D eigenvalue weighted by atomic mass is 79.9. The Balaban J connectivity index is 0.000000207. The number of carbonyl (C=O) groups is 8. The molecular formula is C57H59BrO11S15. The van der Waals surface area contributed by atoms with Crippen LogP contribution < -0.4 is 0 Å². The van der Waals surface area contributed by atoms with Crippen molar-refractivity contribution in [2.24, 2.45) is 0 Å². The van der Waals surface area contributed by atoms with Gasteiger partial charge in [0.25, 0.3) is 0 Å². The molecule has 0 unspecified atom stereocenters. The van der Waals surface area contributed by atoms with E-state index in [9.17, 15) is 38.4 Å². The van der Waals surface area contributed by atoms with E-state index in [0.29, 0.717) is 46.1 Å². The van der Waals surface area contributed by atoms with Crippen molar-refractivity contribution < 1.29 is 52.6 Å². The Kier molecular flexibility index (Phi) is 38.5. The van der Waals surface area contributed by atoms with Crippen LogP contribution in [0.3, 0.4) is 0 Å². The van der Waals surface area contributed by atoms with Gasteiger partial charge >= 0.3 is 17.9 Å². The lowest BCUT2D eigenvalue weighted by molar-refractivity contribution is -0.138. The number of ketones is 4. The molecule has 0 amide bonds. The van der Waals surface area contributed by atoms with E-state index < -0.39 is 0 Å². The molecule has 27 heteroatoms. The number of thioether (sulfide) groups is 6. The minimum atomic E-state index is -0.293. The highest BCUT2D eigenvalue weighted by Crippen LogP contribution is 2.41. The number of esters is 3. The minimum Gasteiger partial charge on any atom is -0.468 e. The standard InChI is InChI=1S/C11H14O4S3.4C7H6OS2.C5H5BrS.C5H4OS.C5H6S.C3H6O2S/c1-14-9(12)6-17-11(8-4-3-5-16-8)18-7-10(13)15-2;2*8-6-3-9-4-7-5(6)1-2-10-7;2*8-6-4-9-3-5-1-2-10-7(5)6;6-3-5-1-2-7-4-5;6-4-5-2-1-3-7-5;1-5-2-3-6-4-5;1-5-3(4)2-6/h3-5,11H,6-7H2,1-2H3;4*1-2H,3-4H2;1-2,4H,3H2;1-4H;2-4H,1H3;6H,2H2,1H3. The molecule has 0 radical (unpaired) electrons. The SMILES string of the molecule is BrCc1ccsc1.COC(=O)CS.COC(=O)CSC(SCC(=O)OC)c1cccs1.Cc1ccsc1.O=C1CSCc2ccsc21.O=C1CSCc2ccsc21.O=C1CSCc2sccc21.O=C1CSCc2sccc21.O=Cc1cccs1. The van der Waals surface area contributed by atoms with Crippen LogP contribution in [0, 0.1) is 6.92 Å². The summed E-state index contributed by atoms with van der Waals surface area (Å²) in [6.07, 6.45) is 0.852. The molecule has 0 fully saturated rings. The highest BCUT2D eigenvalue weighted by molar-refractivity contribution is 9.08. The number of hydrogen-bond acceptors (Lipinski definition) is 26. The van der Waals surface area contributed by atoms with Crippen LogP contribution in [-0.2, 0) is 56.9 Å². The molecule has 12 rings (SSSR count). The Bertz CT molecular complexity index is 2910. The second-order valence-corrected chi connectivity index (χ2v) is 30.9. The Hall–Kier alpha value is -2.71. The largest absolute Gasteiger partial charge is 0.468 e. The topological polar surface area (TPSA) is 164 Å². The predicted molar refractivity (Wildman–Crippen MR) is 377 cm³/mol. The van der Waals surface area contributed by atoms with Crippen LogP contribution in [-0.4, -0.2) is 109 Å². The highest BCUT2D eigenvalue weighted by Gasteiger charge is 2.21. The number of carbonyl (C=O) groups excluding carboxylic acids is 8. The normalized spacial score (nSPS) is 13.0. The van der Waals surface area contributed by atoms with E-state index in [1.165, 1.54) is 88.2 Å². The van der Waals surface area contributed by atoms with Gasteiger partial charge in [0.2, 0.25) is 0 Å². The zero-order valence-corrected chi connectivity index (χ0v) is 59.6. The molecule has 0 atom stereocenters. The summed E-state index contributed by atoms with van der Waals surface area (Å²) in [5, 5.41) is 21.2. The second kappa shape index (κ2) is 43.9. The Morgan fingerprint density at radius 2 is 1.02 bits per heavy atom. The molecule has 0 aromatic carbocycles. The monoisotopic (exact) mass is 1480 g/mol. The molecule has 0 bridgehead atoms. The summed E-state index contributed by atoms with van der Waals surface area (Å²) in [5.74, 6) is 7.87. The van der Waals surface area contributed by atoms with E-state index in [0.717, 1.165) is 65.3 Å². The Morgan fingerprint density at radius 1 is 0.548 bits per heavy atom. The smallest absolute Gasteiger partial charge is 0.315 e. The van der Waals surface area contributed by atoms with E-state index in [4.69, 9.17) is 0 Å². The number of alkyl halides is 1. The number of ether oxygens (including phenoxy) is 3. The lowest BCUT2D eigenvalue weighted by Gasteiger charge is -2.13. The first-order chi connectivity index (χ1) is 40.7. The fourth-order valence-corrected chi connectivity index (χ4v) is 20.0. The zero-order chi connectivity index (χ0) is 60.9. The summed E-state index contributed by atoms with van der Waals surface area (Å²) in [6.45, 7) is 2.09. The number of aldehydes is 1. The molecule has 4 aliphatic rings. The fraction of sp³-hybridized carbons (Fsp3) is 0.298. The first-order valence-electron chi connectivity index (χ1n) is 24.6. The molecule has 450 valence electrons. The van der Waals surface area contributed by atoms with E-state index in [1.807, 2.05) is 74.7 Å². The van der Waals surface area contributed by atoms with Gasteiger partial charge in [-0.15, -0.1) is 139 Å². The van der Waals surface area contributed by atoms with Gasteiger partial charge in [-0.3, -0.25) is 38.4 Å². The molecule has 0 spiro atoms. The first-order valence-corrected chi connectivity index (χ1v) is 40.2. The van der Waals surface area contributed by atoms with Crippen molar-refractivity contribution in [1.82, 2.24) is 0 Å². The second-order valence-electron chi connectivity index (χ2n) is 16.3. The molecule has 4 aliphatic heterocycles. The van der Waals surface area contributed by atoms with Gasteiger partial charge in [0, 0.05) is 54.1 Å². The van der Waals surface area contributed by atoms with Gasteiger partial charge in [-0.1, -0.05) is 28.1 Å². The van der Waals surface area contributed by atoms with Gasteiger partial charge in [-0.25, -0.2) is 0 Å². The van der Waals surface area contributed by atoms with Crippen molar-refractivity contribution in [3.05, 3.63) is 177 Å². The van der Waals surface area contributed by atoms with Crippen molar-refractivity contribution in [1.29, 1.82) is 0 Å². The molecular weight excluding hydrogens is 1420 g/mol. The molecule has 0 saturated carbocycles. The fourth-order valence-electron chi connectivity index (χ4n) is 6.22. The molecule has 8 aromatic heterocycles. The van der Waals surface area contributed by atoms with Crippen molar-refractivity contribution in [2.75, 3.05) is 61.6 Å². The van der Waals surface area contributed by atoms with Gasteiger partial charge in [0.15, 0.2) is 29.4 Å². The first kappa shape index (κ1) is 73.8. The summed E-state index contributed by atoms with van der Waals surface area (Å²) < 4.78 is 13.4. The van der Waals surface area contributed by atoms with Crippen molar-refractivity contribution in [3.63, 3.8) is 0 Å². The maximum atomic E-state index is 11.1. The van der Waals surface area contributed by atoms with E-state index in [2.05, 4.69) is 83.3 Å². The number of methoxy groups -OCH3 is 3. The predicted octanol–water partition coefficient (Wildman–Crippen LogP) is 17.6. The third-order valence-corrected chi connectivity index (χ3v) is 25.6. The molecule has 0 saturated heterocycles. The number of rotatable bonds is 10. The lowest BCUT2D eigenvalue weighted by Crippen LogP contribution is -2.08. The van der Waals surface area contributed by atoms with Gasteiger partial charge in [-0.05, 0) is 132 Å². The lowest BCUT2D eigenvalue weighted by atomic mass is 10.2. The average Bonchev–Trinajstić information content (AvgIpc) is 4.49. The number of fused-ring (bicyclic) bond motifs is 4. The zero-order valence-electron chi connectivity index (χ0n) is 45.7. The summed E-state index contributed by atoms with van der Waals surface area (Å²) in [4.78, 5) is 93.0. The van der Waals surface area contributed by atoms with Gasteiger partial charge < -0.3 is 14.2 Å². The van der Waals surface area contributed by atoms with Crippen LogP contribution in [0.25, 0.3) is 0 Å². The van der Waals surface area contributed by atoms with Crippen LogP contribution in [0.5, 0.6) is 0 Å². The third kappa shape index (κ3) is 28.2. The van der Waals surface area contributed by atoms with Crippen molar-refractivity contribution in [3.8, 4) is 0 Å². The van der Waals surface area contributed by atoms with E-state index >= 15 is 0 Å². The van der Waals surface area contributed by atoms with Crippen LogP contribution in [0.4, 0.5) is 0 Å². The number of aryl methyl sites for hydroxylation is 1. The van der Waals surface area contributed by atoms with Gasteiger partial charge in [-0.2, -0.15) is 35.3 Å². The minimum absolute atomic E-state index is 0.0446. The van der Waals surface area contributed by atoms with E-state index in [1.54, 1.807) is 132 Å². The van der Waals surface area contributed by atoms with Crippen molar-refractivity contribution in [2.45, 2.75) is 39.8 Å². The molecule has 11 nitrogen and oxygen atoms in total. The Morgan fingerprint density at radius 3 is 1.36 bits per heavy atom. The summed E-state index contributed by atoms with van der Waals surface area (Å²) in [5.41, 5.74) is 7.11. The van der Waals surface area contributed by atoms with Crippen LogP contribution in [0.1, 0.15) is 91.2 Å². The van der Waals surface area contributed by atoms with Crippen molar-refractivity contribution >= 4 is 237 Å². The molecule has 84 heavy (non-hydrogen) atoms. The quantitative estimate of drug-likeness (QED) is 0.0343. The van der Waals surface area contributed by atoms with E-state index in [-0.39, 0.29) is 39.7 Å². The average molecular weight is 1480 g/mol. The molecule has 0 aliphatic carbocycles. The summed E-state index contributed by atoms with van der Waals surface area (Å²) >= 11 is 29.8. The van der Waals surface area contributed by atoms with Crippen LogP contribution in [0.2, 0.25) is 0 Å². The Labute approximate surface area is 561 Å². The number of halogens is 1. The summed E-state index contributed by atoms with van der Waals surface area (Å²) in [6, 6.07) is 19.8. The molecule has 12 heterocycles. The number of Topliss-reactive ketones (excluding diaryl/α,β-unsaturated/α-hetero) is 4. The number of thiophene rings is 8.